The number of amides is 1. The maximum atomic E-state index is 11.8. The van der Waals surface area contributed by atoms with Crippen molar-refractivity contribution in [1.29, 1.82) is 0 Å². The van der Waals surface area contributed by atoms with Crippen molar-refractivity contribution in [3.8, 4) is 5.75 Å². The Hall–Kier alpha value is -1.07. The van der Waals surface area contributed by atoms with Crippen molar-refractivity contribution in [1.82, 2.24) is 5.32 Å². The van der Waals surface area contributed by atoms with Gasteiger partial charge in [0, 0.05) is 13.2 Å². The molecule has 0 radical (unpaired) electrons. The number of thiophene rings is 1. The second-order valence-corrected chi connectivity index (χ2v) is 4.92. The van der Waals surface area contributed by atoms with Gasteiger partial charge in [-0.05, 0) is 30.2 Å². The van der Waals surface area contributed by atoms with Crippen molar-refractivity contribution in [3.05, 3.63) is 16.3 Å². The molecule has 1 aromatic rings. The summed E-state index contributed by atoms with van der Waals surface area (Å²) in [6.45, 7) is 2.82. The summed E-state index contributed by atoms with van der Waals surface area (Å²) in [7, 11) is 1.56. The third-order valence-electron chi connectivity index (χ3n) is 2.53. The van der Waals surface area contributed by atoms with E-state index in [1.54, 1.807) is 13.2 Å². The highest BCUT2D eigenvalue weighted by atomic mass is 32.1. The SMILES string of the molecule is COc1ccsc1C(=O)NCCCC(C)CO. The smallest absolute Gasteiger partial charge is 0.265 e. The first-order valence-corrected chi connectivity index (χ1v) is 6.57. The van der Waals surface area contributed by atoms with Gasteiger partial charge in [0.1, 0.15) is 10.6 Å². The van der Waals surface area contributed by atoms with Crippen LogP contribution in [0.5, 0.6) is 5.75 Å². The molecule has 4 nitrogen and oxygen atoms in total. The van der Waals surface area contributed by atoms with Gasteiger partial charge in [-0.1, -0.05) is 6.92 Å². The number of ether oxygens (including phenoxy) is 1. The summed E-state index contributed by atoms with van der Waals surface area (Å²) in [5, 5.41) is 13.5. The molecular weight excluding hydrogens is 238 g/mol. The van der Waals surface area contributed by atoms with Gasteiger partial charge in [0.15, 0.2) is 0 Å². The molecule has 5 heteroatoms. The van der Waals surface area contributed by atoms with Gasteiger partial charge in [-0.3, -0.25) is 4.79 Å². The Morgan fingerprint density at radius 1 is 1.65 bits per heavy atom. The maximum Gasteiger partial charge on any atom is 0.265 e. The number of nitrogens with one attached hydrogen (secondary N) is 1. The molecule has 1 atom stereocenters. The van der Waals surface area contributed by atoms with Gasteiger partial charge in [-0.15, -0.1) is 11.3 Å². The average molecular weight is 257 g/mol. The summed E-state index contributed by atoms with van der Waals surface area (Å²) in [4.78, 5) is 12.4. The Morgan fingerprint density at radius 2 is 2.41 bits per heavy atom. The number of carbonyl (C=O) groups is 1. The van der Waals surface area contributed by atoms with Crippen LogP contribution < -0.4 is 10.1 Å². The lowest BCUT2D eigenvalue weighted by molar-refractivity contribution is 0.0953. The van der Waals surface area contributed by atoms with Crippen molar-refractivity contribution in [3.63, 3.8) is 0 Å². The number of carbonyl (C=O) groups excluding carboxylic acids is 1. The Balaban J connectivity index is 2.30. The van der Waals surface area contributed by atoms with Gasteiger partial charge in [0.2, 0.25) is 0 Å². The molecule has 1 unspecified atom stereocenters. The molecule has 0 fully saturated rings. The zero-order valence-electron chi connectivity index (χ0n) is 10.2. The van der Waals surface area contributed by atoms with Crippen LogP contribution in [0, 0.1) is 5.92 Å². The first-order chi connectivity index (χ1) is 8.19. The Morgan fingerprint density at radius 3 is 3.06 bits per heavy atom. The van der Waals surface area contributed by atoms with E-state index in [0.29, 0.717) is 23.1 Å². The molecule has 1 aromatic heterocycles. The highest BCUT2D eigenvalue weighted by molar-refractivity contribution is 7.12. The van der Waals surface area contributed by atoms with E-state index in [4.69, 9.17) is 9.84 Å². The summed E-state index contributed by atoms with van der Waals surface area (Å²) >= 11 is 1.37. The van der Waals surface area contributed by atoms with Crippen molar-refractivity contribution in [2.75, 3.05) is 20.3 Å². The summed E-state index contributed by atoms with van der Waals surface area (Å²) in [5.41, 5.74) is 0. The molecular formula is C12H19NO3S. The van der Waals surface area contributed by atoms with Crippen LogP contribution in [0.2, 0.25) is 0 Å². The monoisotopic (exact) mass is 257 g/mol. The van der Waals surface area contributed by atoms with E-state index in [2.05, 4.69) is 5.32 Å². The van der Waals surface area contributed by atoms with E-state index >= 15 is 0 Å². The first kappa shape index (κ1) is 14.0. The van der Waals surface area contributed by atoms with Crippen LogP contribution in [0.1, 0.15) is 29.4 Å². The highest BCUT2D eigenvalue weighted by Gasteiger charge is 2.12. The summed E-state index contributed by atoms with van der Waals surface area (Å²) in [5.74, 6) is 0.827. The molecule has 0 saturated carbocycles. The zero-order chi connectivity index (χ0) is 12.7. The summed E-state index contributed by atoms with van der Waals surface area (Å²) < 4.78 is 5.08. The lowest BCUT2D eigenvalue weighted by Crippen LogP contribution is -2.24. The largest absolute Gasteiger partial charge is 0.495 e. The summed E-state index contributed by atoms with van der Waals surface area (Å²) in [6.07, 6.45) is 1.79. The fraction of sp³-hybridized carbons (Fsp3) is 0.583. The number of aliphatic hydroxyl groups excluding tert-OH is 1. The van der Waals surface area contributed by atoms with E-state index in [0.717, 1.165) is 12.8 Å². The van der Waals surface area contributed by atoms with Crippen LogP contribution in [0.25, 0.3) is 0 Å². The fourth-order valence-electron chi connectivity index (χ4n) is 1.45. The second kappa shape index (κ2) is 7.29. The number of hydrogen-bond donors (Lipinski definition) is 2. The number of hydrogen-bond acceptors (Lipinski definition) is 4. The average Bonchev–Trinajstić information content (AvgIpc) is 2.82. The standard InChI is InChI=1S/C12H19NO3S/c1-9(8-14)4-3-6-13-12(15)11-10(16-2)5-7-17-11/h5,7,9,14H,3-4,6,8H2,1-2H3,(H,13,15). The second-order valence-electron chi connectivity index (χ2n) is 4.00. The molecule has 0 aromatic carbocycles. The summed E-state index contributed by atoms with van der Waals surface area (Å²) in [6, 6.07) is 1.79. The van der Waals surface area contributed by atoms with Crippen LogP contribution in [0.3, 0.4) is 0 Å². The molecule has 0 aliphatic heterocycles. The minimum absolute atomic E-state index is 0.0894. The van der Waals surface area contributed by atoms with E-state index < -0.39 is 0 Å². The molecule has 0 aliphatic carbocycles. The molecule has 1 rings (SSSR count). The predicted molar refractivity (Wildman–Crippen MR) is 68.7 cm³/mol. The highest BCUT2D eigenvalue weighted by Crippen LogP contribution is 2.23. The van der Waals surface area contributed by atoms with Crippen molar-refractivity contribution >= 4 is 17.2 Å². The van der Waals surface area contributed by atoms with Gasteiger partial charge in [-0.25, -0.2) is 0 Å². The number of aliphatic hydroxyl groups is 1. The Bertz CT molecular complexity index is 351. The van der Waals surface area contributed by atoms with Crippen molar-refractivity contribution in [2.45, 2.75) is 19.8 Å². The van der Waals surface area contributed by atoms with E-state index in [-0.39, 0.29) is 12.5 Å². The molecule has 0 bridgehead atoms. The number of rotatable bonds is 7. The Kier molecular flexibility index (Phi) is 6.00. The third-order valence-corrected chi connectivity index (χ3v) is 3.42. The topological polar surface area (TPSA) is 58.6 Å². The number of methoxy groups -OCH3 is 1. The molecule has 1 amide bonds. The van der Waals surface area contributed by atoms with Gasteiger partial charge in [-0.2, -0.15) is 0 Å². The zero-order valence-corrected chi connectivity index (χ0v) is 11.0. The van der Waals surface area contributed by atoms with Gasteiger partial charge in [0.05, 0.1) is 7.11 Å². The predicted octanol–water partition coefficient (Wildman–Crippen LogP) is 1.90. The van der Waals surface area contributed by atoms with Crippen LogP contribution in [-0.2, 0) is 0 Å². The van der Waals surface area contributed by atoms with Crippen LogP contribution in [0.15, 0.2) is 11.4 Å². The molecule has 17 heavy (non-hydrogen) atoms. The quantitative estimate of drug-likeness (QED) is 0.733. The third kappa shape index (κ3) is 4.36. The molecule has 0 saturated heterocycles. The molecule has 0 aliphatic rings. The normalized spacial score (nSPS) is 12.2. The minimum atomic E-state index is -0.0894. The van der Waals surface area contributed by atoms with Crippen molar-refractivity contribution < 1.29 is 14.6 Å². The molecule has 2 N–H and O–H groups in total. The van der Waals surface area contributed by atoms with Crippen LogP contribution in [0.4, 0.5) is 0 Å². The molecule has 0 spiro atoms. The maximum absolute atomic E-state index is 11.8. The molecule has 1 heterocycles. The minimum Gasteiger partial charge on any atom is -0.495 e. The van der Waals surface area contributed by atoms with E-state index in [1.807, 2.05) is 12.3 Å². The van der Waals surface area contributed by atoms with E-state index in [9.17, 15) is 4.79 Å². The van der Waals surface area contributed by atoms with Gasteiger partial charge >= 0.3 is 0 Å². The van der Waals surface area contributed by atoms with Gasteiger partial charge < -0.3 is 15.2 Å². The lowest BCUT2D eigenvalue weighted by Gasteiger charge is -2.08. The first-order valence-electron chi connectivity index (χ1n) is 5.69. The van der Waals surface area contributed by atoms with Crippen LogP contribution >= 0.6 is 11.3 Å². The van der Waals surface area contributed by atoms with E-state index in [1.165, 1.54) is 11.3 Å². The lowest BCUT2D eigenvalue weighted by atomic mass is 10.1. The van der Waals surface area contributed by atoms with Gasteiger partial charge in [0.25, 0.3) is 5.91 Å². The fourth-order valence-corrected chi connectivity index (χ4v) is 2.22. The van der Waals surface area contributed by atoms with Crippen molar-refractivity contribution in [2.24, 2.45) is 5.92 Å². The van der Waals surface area contributed by atoms with Crippen LogP contribution in [-0.4, -0.2) is 31.3 Å². The Labute approximate surface area is 106 Å². The molecule has 96 valence electrons.